The maximum atomic E-state index is 15.8. The molecule has 6 atom stereocenters. The second-order valence-electron chi connectivity index (χ2n) is 22.4. The van der Waals surface area contributed by atoms with E-state index < -0.39 is 41.5 Å². The van der Waals surface area contributed by atoms with Crippen LogP contribution in [0.25, 0.3) is 0 Å². The van der Waals surface area contributed by atoms with E-state index in [1.54, 1.807) is 47.2 Å². The molecule has 468 valence electrons. The van der Waals surface area contributed by atoms with Gasteiger partial charge in [0.05, 0.1) is 75.2 Å². The number of ether oxygens (including phenoxy) is 4. The van der Waals surface area contributed by atoms with Crippen molar-refractivity contribution in [1.82, 2.24) is 19.8 Å². The summed E-state index contributed by atoms with van der Waals surface area (Å²) in [5.41, 5.74) is 1.77. The van der Waals surface area contributed by atoms with Crippen LogP contribution < -0.4 is 38.2 Å². The topological polar surface area (TPSA) is 208 Å². The fourth-order valence-corrected chi connectivity index (χ4v) is 16.8. The number of rotatable bonds is 26. The van der Waals surface area contributed by atoms with Crippen molar-refractivity contribution in [1.29, 1.82) is 0 Å². The first-order chi connectivity index (χ1) is 41.2. The average molecular weight is 1310 g/mol. The van der Waals surface area contributed by atoms with Crippen LogP contribution in [0.2, 0.25) is 10.0 Å². The molecule has 6 aromatic rings. The van der Waals surface area contributed by atoms with Crippen molar-refractivity contribution in [3.63, 3.8) is 0 Å². The quantitative estimate of drug-likeness (QED) is 0.0398. The predicted octanol–water partition coefficient (Wildman–Crippen LogP) is 11.5. The lowest BCUT2D eigenvalue weighted by Gasteiger charge is -2.39. The molecule has 4 aliphatic rings. The van der Waals surface area contributed by atoms with Gasteiger partial charge >= 0.3 is 0 Å². The zero-order chi connectivity index (χ0) is 61.5. The minimum atomic E-state index is -4.43. The van der Waals surface area contributed by atoms with Gasteiger partial charge in [0.25, 0.3) is 20.0 Å². The molecular weight excluding hydrogens is 1230 g/mol. The minimum absolute atomic E-state index is 0.0288. The van der Waals surface area contributed by atoms with Crippen molar-refractivity contribution >= 4 is 87.6 Å². The number of methoxy groups -OCH3 is 4. The van der Waals surface area contributed by atoms with E-state index in [0.29, 0.717) is 70.4 Å². The lowest BCUT2D eigenvalue weighted by Crippen LogP contribution is -2.49. The Balaban J connectivity index is 0.000000205. The smallest absolute Gasteiger partial charge is 0.269 e. The van der Waals surface area contributed by atoms with Gasteiger partial charge in [0.1, 0.15) is 44.4 Å². The highest BCUT2D eigenvalue weighted by Crippen LogP contribution is 2.41. The fraction of sp³-hybridized carbons (Fsp3) is 0.500. The predicted molar refractivity (Wildman–Crippen MR) is 335 cm³/mol. The van der Waals surface area contributed by atoms with Crippen molar-refractivity contribution in [2.45, 2.75) is 136 Å². The number of anilines is 4. The molecule has 4 saturated carbocycles. The van der Waals surface area contributed by atoms with Crippen molar-refractivity contribution in [2.75, 3.05) is 74.9 Å². The van der Waals surface area contributed by atoms with Crippen LogP contribution in [0.4, 0.5) is 30.4 Å². The summed E-state index contributed by atoms with van der Waals surface area (Å²) >= 11 is 15.5. The molecule has 0 unspecified atom stereocenters. The van der Waals surface area contributed by atoms with Gasteiger partial charge in [0.2, 0.25) is 0 Å². The van der Waals surface area contributed by atoms with Crippen molar-refractivity contribution in [3.05, 3.63) is 117 Å². The number of halogens is 4. The van der Waals surface area contributed by atoms with Gasteiger partial charge in [-0.25, -0.2) is 44.2 Å². The molecule has 0 saturated heterocycles. The largest absolute Gasteiger partial charge is 0.497 e. The standard InChI is InChI=1S/2C30H38ClFN4O5S2/c2*1-35(18-27(37)19-8-9-19)26-7-5-4-6-24(26)34-25-16-23(32)29(15-22(25)31)43(38,39)36(30-33-12-13-42-30)17-20-10-11-21(40-2)14-28(20)41-3/h2*10-16,19,24,26-27,34,37H,4-9,17-18H2,1-3H3/t24-,26-,27+;24-,26-,27-/m00/s1. The number of aromatic nitrogens is 2. The number of nitrogens with one attached hydrogen (secondary N) is 2. The number of benzene rings is 4. The van der Waals surface area contributed by atoms with Crippen LogP contribution in [0, 0.1) is 23.5 Å². The van der Waals surface area contributed by atoms with Crippen molar-refractivity contribution < 1.29 is 54.8 Å². The molecule has 4 N–H and O–H groups in total. The maximum Gasteiger partial charge on any atom is 0.269 e. The Morgan fingerprint density at radius 1 is 0.581 bits per heavy atom. The molecule has 26 heteroatoms. The molecule has 0 radical (unpaired) electrons. The molecular formula is C60H76Cl2F2N8O10S4. The number of sulfonamides is 2. The Labute approximate surface area is 521 Å². The van der Waals surface area contributed by atoms with Gasteiger partial charge in [0.15, 0.2) is 10.3 Å². The molecule has 0 bridgehead atoms. The first kappa shape index (κ1) is 65.2. The van der Waals surface area contributed by atoms with E-state index in [9.17, 15) is 27.0 Å². The molecule has 2 aromatic heterocycles. The molecule has 10 rings (SSSR count). The second-order valence-corrected chi connectivity index (χ2v) is 28.6. The first-order valence-corrected chi connectivity index (χ1v) is 34.2. The molecule has 0 spiro atoms. The third-order valence-electron chi connectivity index (χ3n) is 16.6. The van der Waals surface area contributed by atoms with Gasteiger partial charge in [-0.2, -0.15) is 0 Å². The van der Waals surface area contributed by atoms with Crippen LogP contribution >= 0.6 is 45.9 Å². The summed E-state index contributed by atoms with van der Waals surface area (Å²) in [6.45, 7) is 0.864. The summed E-state index contributed by atoms with van der Waals surface area (Å²) in [4.78, 5) is 11.7. The van der Waals surface area contributed by atoms with Crippen LogP contribution in [-0.4, -0.2) is 139 Å². The summed E-state index contributed by atoms with van der Waals surface area (Å²) < 4.78 is 111. The van der Waals surface area contributed by atoms with Gasteiger partial charge in [-0.3, -0.25) is 9.80 Å². The second kappa shape index (κ2) is 28.9. The third-order valence-corrected chi connectivity index (χ3v) is 22.6. The van der Waals surface area contributed by atoms with Crippen molar-refractivity contribution in [2.24, 2.45) is 11.8 Å². The van der Waals surface area contributed by atoms with E-state index in [2.05, 4.69) is 30.4 Å². The fourth-order valence-electron chi connectivity index (χ4n) is 11.5. The number of hydrogen-bond donors (Lipinski definition) is 4. The molecule has 4 fully saturated rings. The molecule has 0 aliphatic heterocycles. The highest BCUT2D eigenvalue weighted by Gasteiger charge is 2.39. The zero-order valence-corrected chi connectivity index (χ0v) is 53.8. The lowest BCUT2D eigenvalue weighted by atomic mass is 9.89. The SMILES string of the molecule is COc1ccc(CN(c2nccs2)S(=O)(=O)c2cc(Cl)c(N[C@H]3CCCC[C@@H]3N(C)C[C@@H](O)C3CC3)cc2F)c(OC)c1.COc1ccc(CN(c2nccs2)S(=O)(=O)c2cc(Cl)c(N[C@H]3CCCC[C@@H]3N(C)C[C@H](O)C3CC3)cc2F)c(OC)c1. The highest BCUT2D eigenvalue weighted by atomic mass is 35.5. The summed E-state index contributed by atoms with van der Waals surface area (Å²) in [6.07, 6.45) is 14.3. The molecule has 4 aliphatic carbocycles. The van der Waals surface area contributed by atoms with E-state index in [1.165, 1.54) is 53.0 Å². The van der Waals surface area contributed by atoms with Crippen LogP contribution in [-0.2, 0) is 33.1 Å². The van der Waals surface area contributed by atoms with E-state index in [-0.39, 0.29) is 69.8 Å². The van der Waals surface area contributed by atoms with Gasteiger partial charge in [-0.15, -0.1) is 22.7 Å². The molecule has 86 heavy (non-hydrogen) atoms. The van der Waals surface area contributed by atoms with Crippen LogP contribution in [0.1, 0.15) is 88.2 Å². The Hall–Kier alpha value is -5.28. The summed E-state index contributed by atoms with van der Waals surface area (Å²) in [6, 6.07) is 15.0. The minimum Gasteiger partial charge on any atom is -0.497 e. The van der Waals surface area contributed by atoms with Gasteiger partial charge in [-0.05, 0) is 126 Å². The lowest BCUT2D eigenvalue weighted by molar-refractivity contribution is 0.0734. The number of aliphatic hydroxyl groups excluding tert-OH is 2. The van der Waals surface area contributed by atoms with E-state index in [0.717, 1.165) is 120 Å². The Morgan fingerprint density at radius 3 is 1.30 bits per heavy atom. The highest BCUT2D eigenvalue weighted by molar-refractivity contribution is 7.93. The van der Waals surface area contributed by atoms with Crippen LogP contribution in [0.15, 0.2) is 93.6 Å². The van der Waals surface area contributed by atoms with E-state index in [4.69, 9.17) is 42.1 Å². The van der Waals surface area contributed by atoms with Gasteiger partial charge in [-0.1, -0.05) is 48.9 Å². The number of nitrogens with zero attached hydrogens (tertiary/aromatic N) is 6. The zero-order valence-electron chi connectivity index (χ0n) is 49.0. The maximum absolute atomic E-state index is 15.8. The number of thiazole rings is 2. The number of aliphatic hydroxyl groups is 2. The number of likely N-dealkylation sites (N-methyl/N-ethyl adjacent to an activating group) is 2. The Morgan fingerprint density at radius 2 is 0.965 bits per heavy atom. The summed E-state index contributed by atoms with van der Waals surface area (Å²) in [5.74, 6) is 0.874. The molecule has 4 aromatic carbocycles. The first-order valence-electron chi connectivity index (χ1n) is 28.8. The normalized spacial score (nSPS) is 19.7. The summed E-state index contributed by atoms with van der Waals surface area (Å²) in [7, 11) is 1.17. The van der Waals surface area contributed by atoms with E-state index >= 15 is 8.78 Å². The average Bonchev–Trinajstić information content (AvgIpc) is 1.65. The molecule has 2 heterocycles. The van der Waals surface area contributed by atoms with Gasteiger partial charge < -0.3 is 39.8 Å². The third kappa shape index (κ3) is 15.6. The number of hydrogen-bond acceptors (Lipinski definition) is 18. The Kier molecular flexibility index (Phi) is 21.9. The summed E-state index contributed by atoms with van der Waals surface area (Å²) in [5, 5.41) is 31.7. The van der Waals surface area contributed by atoms with Crippen LogP contribution in [0.3, 0.4) is 0 Å². The van der Waals surface area contributed by atoms with Crippen LogP contribution in [0.5, 0.6) is 23.0 Å². The molecule has 18 nitrogen and oxygen atoms in total. The van der Waals surface area contributed by atoms with E-state index in [1.807, 2.05) is 14.1 Å². The monoisotopic (exact) mass is 1300 g/mol. The Bertz CT molecular complexity index is 3240. The van der Waals surface area contributed by atoms with Crippen molar-refractivity contribution in [3.8, 4) is 23.0 Å². The van der Waals surface area contributed by atoms with Gasteiger partial charge in [0, 0.05) is 83.7 Å². The molecule has 0 amide bonds.